The van der Waals surface area contributed by atoms with Gasteiger partial charge in [-0.2, -0.15) is 5.10 Å². The number of rotatable bonds is 6. The lowest BCUT2D eigenvalue weighted by molar-refractivity contribution is -0.116. The molecule has 0 aliphatic heterocycles. The zero-order chi connectivity index (χ0) is 25.5. The van der Waals surface area contributed by atoms with Crippen LogP contribution in [0.1, 0.15) is 25.1 Å². The molecule has 6 aromatic heterocycles. The Labute approximate surface area is 217 Å². The summed E-state index contributed by atoms with van der Waals surface area (Å²) in [5.41, 5.74) is 7.33. The van der Waals surface area contributed by atoms with Crippen molar-refractivity contribution in [1.82, 2.24) is 30.1 Å². The highest BCUT2D eigenvalue weighted by atomic mass is 32.1. The van der Waals surface area contributed by atoms with Gasteiger partial charge < -0.3 is 10.3 Å². The Morgan fingerprint density at radius 1 is 1.05 bits per heavy atom. The fourth-order valence-electron chi connectivity index (χ4n) is 4.42. The number of thiophene rings is 1. The van der Waals surface area contributed by atoms with Gasteiger partial charge in [0.2, 0.25) is 5.91 Å². The fraction of sp³-hybridized carbons (Fsp3) is 0.179. The lowest BCUT2D eigenvalue weighted by Crippen LogP contribution is -2.13. The number of pyridine rings is 3. The molecule has 6 rings (SSSR count). The number of carbonyl (C=O) groups is 1. The Kier molecular flexibility index (Phi) is 5.77. The topological polar surface area (TPSA) is 112 Å². The molecule has 9 heteroatoms. The SMILES string of the molecule is Cc1ccc(-c2nccc3[nH]c(-c4n[nH]c5ccc(-c6cncc(NC(=O)CC(C)C)c6)nc45)cc23)s1. The molecule has 0 spiro atoms. The summed E-state index contributed by atoms with van der Waals surface area (Å²) in [4.78, 5) is 32.0. The van der Waals surface area contributed by atoms with Crippen molar-refractivity contribution in [1.29, 1.82) is 0 Å². The number of aromatic amines is 2. The van der Waals surface area contributed by atoms with Crippen molar-refractivity contribution in [2.45, 2.75) is 27.2 Å². The van der Waals surface area contributed by atoms with E-state index in [1.54, 1.807) is 23.7 Å². The van der Waals surface area contributed by atoms with Gasteiger partial charge in [-0.1, -0.05) is 13.8 Å². The third kappa shape index (κ3) is 4.49. The van der Waals surface area contributed by atoms with E-state index in [9.17, 15) is 4.79 Å². The summed E-state index contributed by atoms with van der Waals surface area (Å²) in [5.74, 6) is 0.255. The maximum absolute atomic E-state index is 12.2. The van der Waals surface area contributed by atoms with E-state index in [2.05, 4.69) is 55.6 Å². The molecule has 184 valence electrons. The number of carbonyl (C=O) groups excluding carboxylic acids is 1. The summed E-state index contributed by atoms with van der Waals surface area (Å²) in [5, 5.41) is 11.6. The molecule has 6 heterocycles. The molecule has 0 unspecified atom stereocenters. The molecule has 0 aromatic carbocycles. The third-order valence-electron chi connectivity index (χ3n) is 6.10. The van der Waals surface area contributed by atoms with Crippen molar-refractivity contribution in [3.63, 3.8) is 0 Å². The van der Waals surface area contributed by atoms with Crippen LogP contribution in [0.25, 0.3) is 55.2 Å². The number of fused-ring (bicyclic) bond motifs is 2. The van der Waals surface area contributed by atoms with Gasteiger partial charge in [-0.05, 0) is 55.3 Å². The first-order chi connectivity index (χ1) is 17.9. The van der Waals surface area contributed by atoms with E-state index in [1.165, 1.54) is 4.88 Å². The van der Waals surface area contributed by atoms with Crippen LogP contribution in [0.3, 0.4) is 0 Å². The van der Waals surface area contributed by atoms with E-state index in [0.29, 0.717) is 12.1 Å². The molecule has 6 aromatic rings. The highest BCUT2D eigenvalue weighted by Gasteiger charge is 2.17. The predicted molar refractivity (Wildman–Crippen MR) is 148 cm³/mol. The van der Waals surface area contributed by atoms with Crippen LogP contribution in [0.4, 0.5) is 5.69 Å². The second-order valence-electron chi connectivity index (χ2n) is 9.49. The number of nitrogens with zero attached hydrogens (tertiary/aromatic N) is 4. The van der Waals surface area contributed by atoms with Crippen LogP contribution in [0.5, 0.6) is 0 Å². The third-order valence-corrected chi connectivity index (χ3v) is 7.10. The van der Waals surface area contributed by atoms with E-state index in [4.69, 9.17) is 4.98 Å². The largest absolute Gasteiger partial charge is 0.353 e. The lowest BCUT2D eigenvalue weighted by Gasteiger charge is -2.08. The molecule has 0 aliphatic rings. The molecule has 0 fully saturated rings. The van der Waals surface area contributed by atoms with E-state index in [-0.39, 0.29) is 11.8 Å². The average Bonchev–Trinajstić information content (AvgIpc) is 3.60. The molecular formula is C28H25N7OS. The first-order valence-electron chi connectivity index (χ1n) is 12.1. The van der Waals surface area contributed by atoms with E-state index in [0.717, 1.165) is 55.2 Å². The van der Waals surface area contributed by atoms with Gasteiger partial charge in [-0.25, -0.2) is 4.98 Å². The van der Waals surface area contributed by atoms with Crippen LogP contribution in [-0.2, 0) is 4.79 Å². The zero-order valence-electron chi connectivity index (χ0n) is 20.7. The molecule has 1 amide bonds. The fourth-order valence-corrected chi connectivity index (χ4v) is 5.30. The van der Waals surface area contributed by atoms with Crippen LogP contribution in [0.2, 0.25) is 0 Å². The zero-order valence-corrected chi connectivity index (χ0v) is 21.5. The molecule has 0 saturated heterocycles. The normalized spacial score (nSPS) is 11.6. The molecule has 37 heavy (non-hydrogen) atoms. The minimum atomic E-state index is -0.0279. The van der Waals surface area contributed by atoms with Crippen molar-refractivity contribution < 1.29 is 4.79 Å². The Balaban J connectivity index is 1.38. The summed E-state index contributed by atoms with van der Waals surface area (Å²) in [6, 6.07) is 14.1. The van der Waals surface area contributed by atoms with Gasteiger partial charge in [0.25, 0.3) is 0 Å². The maximum atomic E-state index is 12.2. The Morgan fingerprint density at radius 2 is 1.95 bits per heavy atom. The van der Waals surface area contributed by atoms with Crippen molar-refractivity contribution in [2.24, 2.45) is 5.92 Å². The van der Waals surface area contributed by atoms with Crippen LogP contribution in [0.15, 0.2) is 61.1 Å². The smallest absolute Gasteiger partial charge is 0.224 e. The summed E-state index contributed by atoms with van der Waals surface area (Å²) < 4.78 is 0. The quantitative estimate of drug-likeness (QED) is 0.236. The number of hydrogen-bond acceptors (Lipinski definition) is 6. The first kappa shape index (κ1) is 23.1. The maximum Gasteiger partial charge on any atom is 0.224 e. The van der Waals surface area contributed by atoms with E-state index >= 15 is 0 Å². The van der Waals surface area contributed by atoms with Crippen molar-refractivity contribution in [3.05, 3.63) is 65.9 Å². The first-order valence-corrected chi connectivity index (χ1v) is 12.9. The second kappa shape index (κ2) is 9.25. The number of anilines is 1. The molecule has 3 N–H and O–H groups in total. The number of amides is 1. The average molecular weight is 508 g/mol. The van der Waals surface area contributed by atoms with Gasteiger partial charge in [-0.15, -0.1) is 11.3 Å². The Bertz CT molecular complexity index is 1760. The molecule has 0 bridgehead atoms. The number of nitrogens with one attached hydrogen (secondary N) is 3. The number of hydrogen-bond donors (Lipinski definition) is 3. The molecule has 0 saturated carbocycles. The van der Waals surface area contributed by atoms with E-state index < -0.39 is 0 Å². The van der Waals surface area contributed by atoms with Crippen molar-refractivity contribution in [2.75, 3.05) is 5.32 Å². The van der Waals surface area contributed by atoms with Crippen LogP contribution in [0, 0.1) is 12.8 Å². The number of aryl methyl sites for hydroxylation is 1. The van der Waals surface area contributed by atoms with Gasteiger partial charge in [0.1, 0.15) is 11.2 Å². The van der Waals surface area contributed by atoms with Gasteiger partial charge in [0.05, 0.1) is 39.4 Å². The summed E-state index contributed by atoms with van der Waals surface area (Å²) in [6.45, 7) is 6.13. The lowest BCUT2D eigenvalue weighted by atomic mass is 10.1. The summed E-state index contributed by atoms with van der Waals surface area (Å²) in [7, 11) is 0. The predicted octanol–water partition coefficient (Wildman–Crippen LogP) is 6.58. The van der Waals surface area contributed by atoms with Crippen molar-refractivity contribution in [3.8, 4) is 33.2 Å². The van der Waals surface area contributed by atoms with Crippen LogP contribution in [-0.4, -0.2) is 36.0 Å². The summed E-state index contributed by atoms with van der Waals surface area (Å²) in [6.07, 6.45) is 5.68. The Hall–Kier alpha value is -4.37. The summed E-state index contributed by atoms with van der Waals surface area (Å²) >= 11 is 1.73. The number of aromatic nitrogens is 6. The standard InChI is InChI=1S/C28H25N7OS/c1-15(2)10-25(36)31-18-11-17(13-29-14-18)20-5-6-22-27(33-20)28(35-34-22)23-12-19-21(32-23)8-9-30-26(19)24-7-4-16(3)37-24/h4-9,11-15,32H,10H2,1-3H3,(H,31,36)(H,34,35). The highest BCUT2D eigenvalue weighted by Crippen LogP contribution is 2.35. The minimum absolute atomic E-state index is 0.0279. The Morgan fingerprint density at radius 3 is 2.76 bits per heavy atom. The van der Waals surface area contributed by atoms with Gasteiger partial charge in [0.15, 0.2) is 0 Å². The molecule has 8 nitrogen and oxygen atoms in total. The minimum Gasteiger partial charge on any atom is -0.353 e. The van der Waals surface area contributed by atoms with Gasteiger partial charge in [0, 0.05) is 40.2 Å². The highest BCUT2D eigenvalue weighted by molar-refractivity contribution is 7.15. The van der Waals surface area contributed by atoms with Gasteiger partial charge >= 0.3 is 0 Å². The molecular weight excluding hydrogens is 482 g/mol. The van der Waals surface area contributed by atoms with Crippen LogP contribution < -0.4 is 5.32 Å². The number of H-pyrrole nitrogens is 2. The van der Waals surface area contributed by atoms with E-state index in [1.807, 2.05) is 44.3 Å². The van der Waals surface area contributed by atoms with Crippen molar-refractivity contribution >= 4 is 44.9 Å². The molecule has 0 radical (unpaired) electrons. The monoisotopic (exact) mass is 507 g/mol. The molecule has 0 aliphatic carbocycles. The van der Waals surface area contributed by atoms with Gasteiger partial charge in [-0.3, -0.25) is 19.9 Å². The van der Waals surface area contributed by atoms with Crippen LogP contribution >= 0.6 is 11.3 Å². The molecule has 0 atom stereocenters. The second-order valence-corrected chi connectivity index (χ2v) is 10.8.